The third-order valence-electron chi connectivity index (χ3n) is 5.69. The van der Waals surface area contributed by atoms with E-state index in [2.05, 4.69) is 22.4 Å². The number of fused-ring (bicyclic) bond motifs is 1. The molecule has 2 N–H and O–H groups in total. The highest BCUT2D eigenvalue weighted by Crippen LogP contribution is 2.40. The Kier molecular flexibility index (Phi) is 6.73. The van der Waals surface area contributed by atoms with Crippen molar-refractivity contribution in [1.29, 1.82) is 0 Å². The van der Waals surface area contributed by atoms with Crippen molar-refractivity contribution in [3.05, 3.63) is 82.4 Å². The van der Waals surface area contributed by atoms with Gasteiger partial charge in [0.2, 0.25) is 11.5 Å². The highest BCUT2D eigenvalue weighted by atomic mass is 16.5. The normalized spacial score (nSPS) is 10.8. The minimum absolute atomic E-state index is 0.0156. The van der Waals surface area contributed by atoms with E-state index in [0.29, 0.717) is 34.9 Å². The van der Waals surface area contributed by atoms with Crippen LogP contribution in [-0.2, 0) is 11.8 Å². The number of ether oxygens (including phenoxy) is 1. The Bertz CT molecular complexity index is 1540. The van der Waals surface area contributed by atoms with Gasteiger partial charge in [-0.3, -0.25) is 14.4 Å². The van der Waals surface area contributed by atoms with Crippen molar-refractivity contribution in [2.24, 2.45) is 7.05 Å². The number of carbonyl (C=O) groups is 2. The number of para-hydroxylation sites is 1. The number of aryl methyl sites for hydroxylation is 3. The summed E-state index contributed by atoms with van der Waals surface area (Å²) in [4.78, 5) is 37.6. The first kappa shape index (κ1) is 24.5. The molecule has 2 aromatic heterocycles. The second-order valence-electron chi connectivity index (χ2n) is 8.28. The lowest BCUT2D eigenvalue weighted by molar-refractivity contribution is -0.111. The molecule has 0 aliphatic carbocycles. The van der Waals surface area contributed by atoms with Gasteiger partial charge < -0.3 is 24.5 Å². The van der Waals surface area contributed by atoms with Crippen LogP contribution in [0.3, 0.4) is 0 Å². The summed E-state index contributed by atoms with van der Waals surface area (Å²) in [6.07, 6.45) is 2.76. The number of nitrogens with one attached hydrogen (secondary N) is 2. The Labute approximate surface area is 207 Å². The molecule has 0 atom stereocenters. The van der Waals surface area contributed by atoms with Crippen LogP contribution in [0.4, 0.5) is 5.69 Å². The first-order valence-corrected chi connectivity index (χ1v) is 11.3. The molecule has 4 aromatic rings. The fourth-order valence-electron chi connectivity index (χ4n) is 3.94. The lowest BCUT2D eigenvalue weighted by Crippen LogP contribution is -2.23. The van der Waals surface area contributed by atoms with Crippen molar-refractivity contribution in [2.45, 2.75) is 20.8 Å². The van der Waals surface area contributed by atoms with Gasteiger partial charge in [0, 0.05) is 36.6 Å². The largest absolute Gasteiger partial charge is 0.456 e. The van der Waals surface area contributed by atoms with Gasteiger partial charge in [-0.05, 0) is 56.2 Å². The minimum Gasteiger partial charge on any atom is -0.456 e. The Balaban J connectivity index is 2.01. The number of anilines is 1. The van der Waals surface area contributed by atoms with Crippen LogP contribution in [0, 0.1) is 13.8 Å². The molecule has 0 aliphatic rings. The number of aromatic nitrogens is 2. The average molecular weight is 487 g/mol. The lowest BCUT2D eigenvalue weighted by atomic mass is 10.00. The number of hydrogen-bond acceptors (Lipinski definition) is 6. The monoisotopic (exact) mass is 486 g/mol. The van der Waals surface area contributed by atoms with E-state index >= 15 is 0 Å². The predicted molar refractivity (Wildman–Crippen MR) is 138 cm³/mol. The maximum absolute atomic E-state index is 12.8. The van der Waals surface area contributed by atoms with Crippen LogP contribution in [-0.4, -0.2) is 28.1 Å². The minimum atomic E-state index is -0.473. The molecule has 9 nitrogen and oxygen atoms in total. The first-order valence-electron chi connectivity index (χ1n) is 11.3. The van der Waals surface area contributed by atoms with E-state index < -0.39 is 11.5 Å². The van der Waals surface area contributed by atoms with E-state index in [0.717, 1.165) is 11.1 Å². The fraction of sp³-hybridized carbons (Fsp3) is 0.185. The summed E-state index contributed by atoms with van der Waals surface area (Å²) in [5.74, 6) is 0.269. The molecule has 0 fully saturated rings. The van der Waals surface area contributed by atoms with E-state index in [9.17, 15) is 14.4 Å². The second kappa shape index (κ2) is 9.91. The zero-order chi connectivity index (χ0) is 26.0. The van der Waals surface area contributed by atoms with E-state index in [-0.39, 0.29) is 22.6 Å². The molecule has 4 rings (SSSR count). The molecule has 184 valence electrons. The smallest absolute Gasteiger partial charge is 0.296 e. The number of amides is 2. The molecule has 0 aliphatic heterocycles. The third kappa shape index (κ3) is 4.50. The third-order valence-corrected chi connectivity index (χ3v) is 5.69. The van der Waals surface area contributed by atoms with Crippen molar-refractivity contribution in [1.82, 2.24) is 15.0 Å². The maximum atomic E-state index is 12.8. The molecule has 0 spiro atoms. The molecular weight excluding hydrogens is 460 g/mol. The zero-order valence-electron chi connectivity index (χ0n) is 20.5. The van der Waals surface area contributed by atoms with Crippen LogP contribution in [0.1, 0.15) is 28.5 Å². The van der Waals surface area contributed by atoms with Crippen molar-refractivity contribution in [3.8, 4) is 22.6 Å². The van der Waals surface area contributed by atoms with Gasteiger partial charge in [0.05, 0.1) is 5.39 Å². The summed E-state index contributed by atoms with van der Waals surface area (Å²) in [6.45, 7) is 9.53. The standard InChI is InChI=1S/C27H26N4O5/c1-6-21(32)29-17-11-12-20(35-24-15(3)9-8-10-16(24)4)18(13-17)19-14-31(5)27(34)25-22(19)23(30-36-25)26(33)28-7-2/h6,8-14H,1,7H2,2-5H3,(H,28,33)(H,29,32). The number of rotatable bonds is 7. The van der Waals surface area contributed by atoms with E-state index in [1.54, 1.807) is 38.4 Å². The summed E-state index contributed by atoms with van der Waals surface area (Å²) in [6, 6.07) is 11.0. The van der Waals surface area contributed by atoms with Crippen molar-refractivity contribution < 1.29 is 18.8 Å². The van der Waals surface area contributed by atoms with Crippen LogP contribution in [0.15, 0.2) is 64.6 Å². The molecule has 0 unspecified atom stereocenters. The lowest BCUT2D eigenvalue weighted by Gasteiger charge is -2.17. The molecule has 0 saturated carbocycles. The topological polar surface area (TPSA) is 115 Å². The van der Waals surface area contributed by atoms with Gasteiger partial charge in [0.25, 0.3) is 11.5 Å². The molecular formula is C27H26N4O5. The van der Waals surface area contributed by atoms with Gasteiger partial charge in [-0.2, -0.15) is 0 Å². The van der Waals surface area contributed by atoms with Crippen LogP contribution in [0.2, 0.25) is 0 Å². The summed E-state index contributed by atoms with van der Waals surface area (Å²) < 4.78 is 13.1. The van der Waals surface area contributed by atoms with Crippen molar-refractivity contribution in [3.63, 3.8) is 0 Å². The molecule has 9 heteroatoms. The molecule has 0 saturated heterocycles. The van der Waals surface area contributed by atoms with Crippen LogP contribution >= 0.6 is 0 Å². The second-order valence-corrected chi connectivity index (χ2v) is 8.28. The predicted octanol–water partition coefficient (Wildman–Crippen LogP) is 4.48. The van der Waals surface area contributed by atoms with Gasteiger partial charge >= 0.3 is 0 Å². The van der Waals surface area contributed by atoms with Crippen LogP contribution in [0.5, 0.6) is 11.5 Å². The molecule has 0 radical (unpaired) electrons. The number of carbonyl (C=O) groups excluding carboxylic acids is 2. The maximum Gasteiger partial charge on any atom is 0.296 e. The van der Waals surface area contributed by atoms with E-state index in [1.165, 1.54) is 10.6 Å². The summed E-state index contributed by atoms with van der Waals surface area (Å²) >= 11 is 0. The molecule has 0 bridgehead atoms. The first-order chi connectivity index (χ1) is 17.2. The highest BCUT2D eigenvalue weighted by Gasteiger charge is 2.25. The van der Waals surface area contributed by atoms with Crippen LogP contribution in [0.25, 0.3) is 22.1 Å². The van der Waals surface area contributed by atoms with Gasteiger partial charge in [0.15, 0.2) is 5.69 Å². The molecule has 2 amide bonds. The van der Waals surface area contributed by atoms with Gasteiger partial charge in [-0.15, -0.1) is 0 Å². The summed E-state index contributed by atoms with van der Waals surface area (Å²) in [5.41, 5.74) is 2.83. The fourth-order valence-corrected chi connectivity index (χ4v) is 3.94. The average Bonchev–Trinajstić information content (AvgIpc) is 3.30. The Morgan fingerprint density at radius 1 is 1.17 bits per heavy atom. The SMILES string of the molecule is C=CC(=O)Nc1ccc(Oc2c(C)cccc2C)c(-c2cn(C)c(=O)c3onc(C(=O)NCC)c23)c1. The Morgan fingerprint density at radius 2 is 1.89 bits per heavy atom. The van der Waals surface area contributed by atoms with Crippen LogP contribution < -0.4 is 20.9 Å². The molecule has 36 heavy (non-hydrogen) atoms. The van der Waals surface area contributed by atoms with Gasteiger partial charge in [-0.25, -0.2) is 0 Å². The zero-order valence-corrected chi connectivity index (χ0v) is 20.5. The summed E-state index contributed by atoms with van der Waals surface area (Å²) in [7, 11) is 1.58. The van der Waals surface area contributed by atoms with Crippen molar-refractivity contribution >= 4 is 28.5 Å². The highest BCUT2D eigenvalue weighted by molar-refractivity contribution is 6.10. The van der Waals surface area contributed by atoms with E-state index in [1.807, 2.05) is 32.0 Å². The molecule has 2 heterocycles. The number of pyridine rings is 1. The Morgan fingerprint density at radius 3 is 2.56 bits per heavy atom. The molecule has 2 aromatic carbocycles. The number of hydrogen-bond donors (Lipinski definition) is 2. The quantitative estimate of drug-likeness (QED) is 0.372. The van der Waals surface area contributed by atoms with Crippen molar-refractivity contribution in [2.75, 3.05) is 11.9 Å². The van der Waals surface area contributed by atoms with Gasteiger partial charge in [-0.1, -0.05) is 29.9 Å². The number of benzene rings is 2. The summed E-state index contributed by atoms with van der Waals surface area (Å²) in [5, 5.41) is 9.60. The Hall–Kier alpha value is -4.66. The number of nitrogens with zero attached hydrogens (tertiary/aromatic N) is 2. The van der Waals surface area contributed by atoms with E-state index in [4.69, 9.17) is 9.26 Å². The van der Waals surface area contributed by atoms with Gasteiger partial charge in [0.1, 0.15) is 11.5 Å².